The van der Waals surface area contributed by atoms with E-state index in [2.05, 4.69) is 11.4 Å². The van der Waals surface area contributed by atoms with Crippen LogP contribution in [0.2, 0.25) is 0 Å². The number of aliphatic hydroxyl groups is 1. The molecule has 19 heavy (non-hydrogen) atoms. The summed E-state index contributed by atoms with van der Waals surface area (Å²) in [5.41, 5.74) is 1.37. The number of nitrogens with one attached hydrogen (secondary N) is 1. The molecule has 0 radical (unpaired) electrons. The van der Waals surface area contributed by atoms with Crippen LogP contribution in [0.4, 0.5) is 0 Å². The monoisotopic (exact) mass is 279 g/mol. The first kappa shape index (κ1) is 13.1. The minimum absolute atomic E-state index is 0.00495. The fraction of sp³-hybridized carbons (Fsp3) is 0.667. The van der Waals surface area contributed by atoms with Crippen molar-refractivity contribution in [3.63, 3.8) is 0 Å². The summed E-state index contributed by atoms with van der Waals surface area (Å²) in [5, 5.41) is 12.9. The number of hydrogen-bond acceptors (Lipinski definition) is 3. The molecule has 1 heterocycles. The summed E-state index contributed by atoms with van der Waals surface area (Å²) in [5.74, 6) is 0.00495. The Labute approximate surface area is 118 Å². The average Bonchev–Trinajstić information content (AvgIpc) is 2.85. The molecule has 104 valence electrons. The van der Waals surface area contributed by atoms with E-state index < -0.39 is 0 Å². The van der Waals surface area contributed by atoms with Crippen molar-refractivity contribution < 1.29 is 9.90 Å². The molecule has 1 aromatic heterocycles. The van der Waals surface area contributed by atoms with Gasteiger partial charge in [-0.05, 0) is 50.2 Å². The molecule has 0 aliphatic heterocycles. The van der Waals surface area contributed by atoms with Gasteiger partial charge in [-0.15, -0.1) is 11.3 Å². The van der Waals surface area contributed by atoms with Gasteiger partial charge in [-0.3, -0.25) is 4.79 Å². The van der Waals surface area contributed by atoms with Gasteiger partial charge in [0, 0.05) is 4.88 Å². The van der Waals surface area contributed by atoms with Crippen LogP contribution >= 0.6 is 11.3 Å². The van der Waals surface area contributed by atoms with Crippen molar-refractivity contribution in [2.24, 2.45) is 0 Å². The number of carbonyl (C=O) groups excluding carboxylic acids is 1. The number of hydrogen-bond donors (Lipinski definition) is 2. The van der Waals surface area contributed by atoms with Gasteiger partial charge in [-0.1, -0.05) is 12.8 Å². The summed E-state index contributed by atoms with van der Waals surface area (Å²) in [4.78, 5) is 14.5. The predicted octanol–water partition coefficient (Wildman–Crippen LogP) is 2.66. The Morgan fingerprint density at radius 1 is 1.21 bits per heavy atom. The van der Waals surface area contributed by atoms with Crippen molar-refractivity contribution in [2.75, 3.05) is 0 Å². The first-order valence-corrected chi connectivity index (χ1v) is 8.16. The standard InChI is InChI=1S/C15H21NO2S/c17-12-7-3-2-6-11(12)16-15(18)14-9-10-5-1-4-8-13(10)19-14/h9,11-12,17H,1-8H2,(H,16,18). The Morgan fingerprint density at radius 3 is 2.79 bits per heavy atom. The first-order valence-electron chi connectivity index (χ1n) is 7.34. The number of amides is 1. The fourth-order valence-corrected chi connectivity index (χ4v) is 4.28. The zero-order valence-corrected chi connectivity index (χ0v) is 12.0. The van der Waals surface area contributed by atoms with E-state index in [0.29, 0.717) is 0 Å². The quantitative estimate of drug-likeness (QED) is 0.874. The zero-order chi connectivity index (χ0) is 13.2. The van der Waals surface area contributed by atoms with Crippen LogP contribution in [0.3, 0.4) is 0 Å². The molecular formula is C15H21NO2S. The Bertz CT molecular complexity index is 445. The summed E-state index contributed by atoms with van der Waals surface area (Å²) in [6.07, 6.45) is 8.24. The van der Waals surface area contributed by atoms with E-state index in [4.69, 9.17) is 0 Å². The topological polar surface area (TPSA) is 49.3 Å². The maximum absolute atomic E-state index is 12.3. The van der Waals surface area contributed by atoms with Gasteiger partial charge in [0.05, 0.1) is 17.0 Å². The normalized spacial score (nSPS) is 26.8. The lowest BCUT2D eigenvalue weighted by molar-refractivity contribution is 0.0720. The van der Waals surface area contributed by atoms with Crippen molar-refractivity contribution in [2.45, 2.75) is 63.5 Å². The van der Waals surface area contributed by atoms with Gasteiger partial charge >= 0.3 is 0 Å². The summed E-state index contributed by atoms with van der Waals surface area (Å²) in [7, 11) is 0. The molecule has 4 heteroatoms. The highest BCUT2D eigenvalue weighted by Crippen LogP contribution is 2.30. The molecule has 2 aliphatic rings. The SMILES string of the molecule is O=C(NC1CCCCC1O)c1cc2c(s1)CCCC2. The van der Waals surface area contributed by atoms with E-state index in [1.807, 2.05) is 0 Å². The Kier molecular flexibility index (Phi) is 3.89. The van der Waals surface area contributed by atoms with Crippen LogP contribution in [0.5, 0.6) is 0 Å². The molecule has 1 fully saturated rings. The number of thiophene rings is 1. The molecule has 0 spiro atoms. The maximum Gasteiger partial charge on any atom is 0.261 e. The van der Waals surface area contributed by atoms with E-state index in [0.717, 1.165) is 43.4 Å². The van der Waals surface area contributed by atoms with Crippen molar-refractivity contribution in [1.82, 2.24) is 5.32 Å². The molecule has 1 aromatic rings. The molecule has 2 N–H and O–H groups in total. The molecule has 1 saturated carbocycles. The van der Waals surface area contributed by atoms with E-state index in [9.17, 15) is 9.90 Å². The molecule has 2 aliphatic carbocycles. The number of fused-ring (bicyclic) bond motifs is 1. The highest BCUT2D eigenvalue weighted by Gasteiger charge is 2.26. The highest BCUT2D eigenvalue weighted by molar-refractivity contribution is 7.14. The smallest absolute Gasteiger partial charge is 0.261 e. The largest absolute Gasteiger partial charge is 0.391 e. The Morgan fingerprint density at radius 2 is 2.00 bits per heavy atom. The lowest BCUT2D eigenvalue weighted by atomic mass is 9.92. The molecular weight excluding hydrogens is 258 g/mol. The van der Waals surface area contributed by atoms with Crippen molar-refractivity contribution >= 4 is 17.2 Å². The summed E-state index contributed by atoms with van der Waals surface area (Å²) in [6.45, 7) is 0. The third kappa shape index (κ3) is 2.84. The lowest BCUT2D eigenvalue weighted by Gasteiger charge is -2.28. The maximum atomic E-state index is 12.3. The van der Waals surface area contributed by atoms with Crippen molar-refractivity contribution in [3.8, 4) is 0 Å². The van der Waals surface area contributed by atoms with Crippen LogP contribution in [-0.2, 0) is 12.8 Å². The van der Waals surface area contributed by atoms with E-state index in [1.165, 1.54) is 23.3 Å². The van der Waals surface area contributed by atoms with Crippen molar-refractivity contribution in [3.05, 3.63) is 21.4 Å². The zero-order valence-electron chi connectivity index (χ0n) is 11.2. The molecule has 2 atom stereocenters. The van der Waals surface area contributed by atoms with Gasteiger partial charge in [-0.25, -0.2) is 0 Å². The van der Waals surface area contributed by atoms with Crippen molar-refractivity contribution in [1.29, 1.82) is 0 Å². The van der Waals surface area contributed by atoms with Crippen LogP contribution in [-0.4, -0.2) is 23.2 Å². The van der Waals surface area contributed by atoms with Crippen LogP contribution in [0.25, 0.3) is 0 Å². The Hall–Kier alpha value is -0.870. The Balaban J connectivity index is 1.68. The fourth-order valence-electron chi connectivity index (χ4n) is 3.12. The molecule has 3 nitrogen and oxygen atoms in total. The van der Waals surface area contributed by atoms with Crippen LogP contribution in [0, 0.1) is 0 Å². The predicted molar refractivity (Wildman–Crippen MR) is 76.7 cm³/mol. The van der Waals surface area contributed by atoms with Gasteiger partial charge in [0.25, 0.3) is 5.91 Å². The van der Waals surface area contributed by atoms with E-state index in [-0.39, 0.29) is 18.1 Å². The van der Waals surface area contributed by atoms with Crippen LogP contribution in [0.15, 0.2) is 6.07 Å². The number of rotatable bonds is 2. The average molecular weight is 279 g/mol. The van der Waals surface area contributed by atoms with Gasteiger partial charge in [-0.2, -0.15) is 0 Å². The summed E-state index contributed by atoms with van der Waals surface area (Å²) in [6, 6.07) is 2.00. The number of aryl methyl sites for hydroxylation is 2. The van der Waals surface area contributed by atoms with Gasteiger partial charge in [0.1, 0.15) is 0 Å². The third-order valence-electron chi connectivity index (χ3n) is 4.27. The summed E-state index contributed by atoms with van der Waals surface area (Å²) >= 11 is 1.64. The van der Waals surface area contributed by atoms with Crippen LogP contribution < -0.4 is 5.32 Å². The molecule has 0 bridgehead atoms. The second kappa shape index (κ2) is 5.63. The second-order valence-electron chi connectivity index (χ2n) is 5.70. The summed E-state index contributed by atoms with van der Waals surface area (Å²) < 4.78 is 0. The molecule has 3 rings (SSSR count). The van der Waals surface area contributed by atoms with Gasteiger partial charge < -0.3 is 10.4 Å². The number of aliphatic hydroxyl groups excluding tert-OH is 1. The van der Waals surface area contributed by atoms with E-state index >= 15 is 0 Å². The lowest BCUT2D eigenvalue weighted by Crippen LogP contribution is -2.44. The minimum atomic E-state index is -0.368. The van der Waals surface area contributed by atoms with Crippen LogP contribution in [0.1, 0.15) is 58.6 Å². The van der Waals surface area contributed by atoms with E-state index in [1.54, 1.807) is 11.3 Å². The molecule has 0 aromatic carbocycles. The highest BCUT2D eigenvalue weighted by atomic mass is 32.1. The first-order chi connectivity index (χ1) is 9.24. The second-order valence-corrected chi connectivity index (χ2v) is 6.83. The molecule has 0 saturated heterocycles. The molecule has 1 amide bonds. The van der Waals surface area contributed by atoms with Gasteiger partial charge in [0.15, 0.2) is 0 Å². The molecule has 2 unspecified atom stereocenters. The minimum Gasteiger partial charge on any atom is -0.391 e. The van der Waals surface area contributed by atoms with Gasteiger partial charge in [0.2, 0.25) is 0 Å². The third-order valence-corrected chi connectivity index (χ3v) is 5.50. The number of carbonyl (C=O) groups is 1.